The van der Waals surface area contributed by atoms with Gasteiger partial charge in [-0.1, -0.05) is 38.0 Å². The second-order valence-corrected chi connectivity index (χ2v) is 10.9. The van der Waals surface area contributed by atoms with E-state index in [9.17, 15) is 14.4 Å². The first-order valence-electron chi connectivity index (χ1n) is 13.9. The lowest BCUT2D eigenvalue weighted by Crippen LogP contribution is -2.57. The summed E-state index contributed by atoms with van der Waals surface area (Å²) >= 11 is 0. The third-order valence-corrected chi connectivity index (χ3v) is 8.59. The molecule has 38 heavy (non-hydrogen) atoms. The number of ether oxygens (including phenoxy) is 3. The Balaban J connectivity index is 1.41. The summed E-state index contributed by atoms with van der Waals surface area (Å²) in [6.45, 7) is 5.53. The van der Waals surface area contributed by atoms with Gasteiger partial charge in [0.2, 0.25) is 17.7 Å². The highest BCUT2D eigenvalue weighted by molar-refractivity contribution is 6.02. The number of hydrogen-bond acceptors (Lipinski definition) is 6. The SMILES string of the molecule is CCOCCCN1C(=O)C2C(C(=O)Nc3cccc(OC)c3)C3C=CC2(O3)C1C(=O)NC1CCCCC1C. The Morgan fingerprint density at radius 2 is 2.03 bits per heavy atom. The zero-order valence-electron chi connectivity index (χ0n) is 22.5. The molecule has 2 bridgehead atoms. The molecule has 206 valence electrons. The zero-order valence-corrected chi connectivity index (χ0v) is 22.5. The van der Waals surface area contributed by atoms with Crippen LogP contribution in [-0.4, -0.2) is 73.3 Å². The molecule has 1 aromatic rings. The van der Waals surface area contributed by atoms with Crippen molar-refractivity contribution in [2.75, 3.05) is 32.2 Å². The van der Waals surface area contributed by atoms with Gasteiger partial charge in [0.25, 0.3) is 0 Å². The smallest absolute Gasteiger partial charge is 0.246 e. The summed E-state index contributed by atoms with van der Waals surface area (Å²) in [6.07, 6.45) is 7.98. The summed E-state index contributed by atoms with van der Waals surface area (Å²) in [5, 5.41) is 6.20. The van der Waals surface area contributed by atoms with Crippen molar-refractivity contribution in [3.05, 3.63) is 36.4 Å². The van der Waals surface area contributed by atoms with E-state index in [1.807, 2.05) is 19.1 Å². The fourth-order valence-corrected chi connectivity index (χ4v) is 6.71. The number of anilines is 1. The van der Waals surface area contributed by atoms with Crippen LogP contribution in [-0.2, 0) is 23.9 Å². The lowest BCUT2D eigenvalue weighted by Gasteiger charge is -2.36. The molecule has 3 amide bonds. The Morgan fingerprint density at radius 1 is 1.21 bits per heavy atom. The quantitative estimate of drug-likeness (QED) is 0.360. The highest BCUT2D eigenvalue weighted by Gasteiger charge is 2.72. The first kappa shape index (κ1) is 26.7. The molecule has 3 fully saturated rings. The molecule has 1 saturated carbocycles. The number of methoxy groups -OCH3 is 1. The summed E-state index contributed by atoms with van der Waals surface area (Å²) in [6, 6.07) is 6.34. The van der Waals surface area contributed by atoms with Crippen LogP contribution in [0.1, 0.15) is 46.0 Å². The predicted octanol–water partition coefficient (Wildman–Crippen LogP) is 2.91. The third kappa shape index (κ3) is 4.71. The van der Waals surface area contributed by atoms with Crippen molar-refractivity contribution < 1.29 is 28.6 Å². The molecule has 1 aromatic carbocycles. The van der Waals surface area contributed by atoms with Crippen LogP contribution in [0.25, 0.3) is 0 Å². The van der Waals surface area contributed by atoms with E-state index in [1.54, 1.807) is 36.3 Å². The number of benzene rings is 1. The number of fused-ring (bicyclic) bond motifs is 1. The first-order valence-corrected chi connectivity index (χ1v) is 13.9. The van der Waals surface area contributed by atoms with Gasteiger partial charge in [0.15, 0.2) is 0 Å². The predicted molar refractivity (Wildman–Crippen MR) is 142 cm³/mol. The monoisotopic (exact) mass is 525 g/mol. The molecule has 3 heterocycles. The minimum Gasteiger partial charge on any atom is -0.497 e. The number of amides is 3. The van der Waals surface area contributed by atoms with E-state index in [0.717, 1.165) is 19.3 Å². The van der Waals surface area contributed by atoms with E-state index in [-0.39, 0.29) is 23.8 Å². The van der Waals surface area contributed by atoms with Crippen LogP contribution < -0.4 is 15.4 Å². The Bertz CT molecular complexity index is 1090. The van der Waals surface area contributed by atoms with Crippen LogP contribution in [0.2, 0.25) is 0 Å². The van der Waals surface area contributed by atoms with Gasteiger partial charge < -0.3 is 29.7 Å². The maximum atomic E-state index is 14.0. The fourth-order valence-electron chi connectivity index (χ4n) is 6.71. The number of hydrogen-bond donors (Lipinski definition) is 2. The van der Waals surface area contributed by atoms with Crippen LogP contribution in [0.3, 0.4) is 0 Å². The molecule has 0 radical (unpaired) electrons. The minimum atomic E-state index is -1.16. The molecule has 1 spiro atoms. The van der Waals surface area contributed by atoms with Crippen LogP contribution in [0, 0.1) is 17.8 Å². The molecule has 7 unspecified atom stereocenters. The van der Waals surface area contributed by atoms with Gasteiger partial charge in [0.05, 0.1) is 25.0 Å². The molecule has 0 aromatic heterocycles. The average molecular weight is 526 g/mol. The second kappa shape index (κ2) is 11.1. The van der Waals surface area contributed by atoms with E-state index in [4.69, 9.17) is 14.2 Å². The fraction of sp³-hybridized carbons (Fsp3) is 0.621. The van der Waals surface area contributed by atoms with Crippen molar-refractivity contribution in [2.45, 2.75) is 69.7 Å². The number of carbonyl (C=O) groups excluding carboxylic acids is 3. The van der Waals surface area contributed by atoms with Crippen molar-refractivity contribution in [1.29, 1.82) is 0 Å². The van der Waals surface area contributed by atoms with E-state index < -0.39 is 29.6 Å². The third-order valence-electron chi connectivity index (χ3n) is 8.59. The second-order valence-electron chi connectivity index (χ2n) is 10.9. The number of rotatable bonds is 10. The van der Waals surface area contributed by atoms with E-state index >= 15 is 0 Å². The largest absolute Gasteiger partial charge is 0.497 e. The van der Waals surface area contributed by atoms with Gasteiger partial charge in [-0.3, -0.25) is 14.4 Å². The number of carbonyl (C=O) groups is 3. The van der Waals surface area contributed by atoms with Gasteiger partial charge >= 0.3 is 0 Å². The van der Waals surface area contributed by atoms with Crippen molar-refractivity contribution in [3.63, 3.8) is 0 Å². The highest BCUT2D eigenvalue weighted by atomic mass is 16.5. The molecule has 1 aliphatic carbocycles. The summed E-state index contributed by atoms with van der Waals surface area (Å²) in [7, 11) is 1.57. The molecule has 5 rings (SSSR count). The van der Waals surface area contributed by atoms with Gasteiger partial charge in [-0.15, -0.1) is 0 Å². The topological polar surface area (TPSA) is 106 Å². The standard InChI is InChI=1S/C29H39N3O6/c1-4-37-16-8-15-32-25(27(34)31-21-12-6-5-9-18(21)2)29-14-13-22(38-29)23(24(29)28(32)35)26(33)30-19-10-7-11-20(17-19)36-3/h7,10-11,13-14,17-18,21-25H,4-6,8-9,12,15-16H2,1-3H3,(H,30,33)(H,31,34). The highest BCUT2D eigenvalue weighted by Crippen LogP contribution is 2.55. The van der Waals surface area contributed by atoms with Gasteiger partial charge in [-0.25, -0.2) is 0 Å². The molecule has 4 aliphatic rings. The summed E-state index contributed by atoms with van der Waals surface area (Å²) in [5.41, 5.74) is -0.583. The van der Waals surface area contributed by atoms with Gasteiger partial charge in [0.1, 0.15) is 17.4 Å². The zero-order chi connectivity index (χ0) is 26.9. The van der Waals surface area contributed by atoms with Crippen molar-refractivity contribution in [2.24, 2.45) is 17.8 Å². The summed E-state index contributed by atoms with van der Waals surface area (Å²) in [5.74, 6) is -1.22. The molecule has 3 aliphatic heterocycles. The Labute approximate surface area is 224 Å². The summed E-state index contributed by atoms with van der Waals surface area (Å²) in [4.78, 5) is 43.1. The lowest BCUT2D eigenvalue weighted by molar-refractivity contribution is -0.141. The number of nitrogens with zero attached hydrogens (tertiary/aromatic N) is 1. The molecule has 2 saturated heterocycles. The van der Waals surface area contributed by atoms with E-state index in [2.05, 4.69) is 17.6 Å². The van der Waals surface area contributed by atoms with Crippen LogP contribution >= 0.6 is 0 Å². The Hall–Kier alpha value is -2.91. The molecular weight excluding hydrogens is 486 g/mol. The van der Waals surface area contributed by atoms with Gasteiger partial charge in [0, 0.05) is 37.6 Å². The minimum absolute atomic E-state index is 0.0711. The molecule has 9 heteroatoms. The Kier molecular flexibility index (Phi) is 7.77. The molecular formula is C29H39N3O6. The van der Waals surface area contributed by atoms with Crippen LogP contribution in [0.15, 0.2) is 36.4 Å². The van der Waals surface area contributed by atoms with Crippen molar-refractivity contribution in [3.8, 4) is 5.75 Å². The van der Waals surface area contributed by atoms with E-state index in [1.165, 1.54) is 6.42 Å². The van der Waals surface area contributed by atoms with Crippen molar-refractivity contribution >= 4 is 23.4 Å². The van der Waals surface area contributed by atoms with Crippen LogP contribution in [0.5, 0.6) is 5.75 Å². The van der Waals surface area contributed by atoms with Crippen LogP contribution in [0.4, 0.5) is 5.69 Å². The number of nitrogens with one attached hydrogen (secondary N) is 2. The molecule has 9 nitrogen and oxygen atoms in total. The first-order chi connectivity index (χ1) is 18.4. The number of likely N-dealkylation sites (tertiary alicyclic amines) is 1. The normalized spacial score (nSPS) is 33.3. The average Bonchev–Trinajstić information content (AvgIpc) is 3.55. The van der Waals surface area contributed by atoms with Crippen molar-refractivity contribution in [1.82, 2.24) is 10.2 Å². The molecule has 2 N–H and O–H groups in total. The Morgan fingerprint density at radius 3 is 2.79 bits per heavy atom. The van der Waals surface area contributed by atoms with Gasteiger partial charge in [-0.05, 0) is 44.2 Å². The lowest BCUT2D eigenvalue weighted by atomic mass is 9.74. The summed E-state index contributed by atoms with van der Waals surface area (Å²) < 4.78 is 17.2. The maximum absolute atomic E-state index is 14.0. The maximum Gasteiger partial charge on any atom is 0.246 e. The molecule has 7 atom stereocenters. The van der Waals surface area contributed by atoms with E-state index in [0.29, 0.717) is 43.5 Å². The van der Waals surface area contributed by atoms with Gasteiger partial charge in [-0.2, -0.15) is 0 Å².